The van der Waals surface area contributed by atoms with Gasteiger partial charge in [-0.2, -0.15) is 0 Å². The van der Waals surface area contributed by atoms with Crippen LogP contribution >= 0.6 is 0 Å². The number of allylic oxidation sites excluding steroid dienone is 1. The minimum Gasteiger partial charge on any atom is -0.550 e. The predicted octanol–water partition coefficient (Wildman–Crippen LogP) is 3.72. The fourth-order valence-electron chi connectivity index (χ4n) is 4.31. The summed E-state index contributed by atoms with van der Waals surface area (Å²) in [5, 5.41) is 31.1. The van der Waals surface area contributed by atoms with Crippen molar-refractivity contribution in [2.75, 3.05) is 26.2 Å². The summed E-state index contributed by atoms with van der Waals surface area (Å²) in [6.45, 7) is 8.70. The summed E-state index contributed by atoms with van der Waals surface area (Å²) in [7, 11) is 0. The summed E-state index contributed by atoms with van der Waals surface area (Å²) in [6, 6.07) is 0. The van der Waals surface area contributed by atoms with Gasteiger partial charge in [-0.1, -0.05) is 59.1 Å². The molecule has 32 heavy (non-hydrogen) atoms. The van der Waals surface area contributed by atoms with Crippen molar-refractivity contribution in [1.82, 2.24) is 0 Å². The zero-order chi connectivity index (χ0) is 24.6. The highest BCUT2D eigenvalue weighted by atomic mass is 16.4. The molecule has 0 aromatic heterocycles. The Morgan fingerprint density at radius 3 is 1.62 bits per heavy atom. The number of carbonyl (C=O) groups excluding carboxylic acids is 1. The molecule has 2 N–H and O–H groups in total. The second-order valence-corrected chi connectivity index (χ2v) is 9.03. The summed E-state index contributed by atoms with van der Waals surface area (Å²) in [5.41, 5.74) is 0. The molecule has 0 rings (SSSR count). The number of carboxylic acids is 3. The Hall–Kier alpha value is -1.89. The van der Waals surface area contributed by atoms with Crippen LogP contribution in [-0.4, -0.2) is 58.8 Å². The van der Waals surface area contributed by atoms with Crippen molar-refractivity contribution in [1.29, 1.82) is 0 Å². The van der Waals surface area contributed by atoms with Gasteiger partial charge in [0.15, 0.2) is 0 Å². The van der Waals surface area contributed by atoms with Crippen molar-refractivity contribution in [2.24, 2.45) is 17.8 Å². The lowest BCUT2D eigenvalue weighted by atomic mass is 9.96. The van der Waals surface area contributed by atoms with E-state index in [1.807, 2.05) is 0 Å². The van der Waals surface area contributed by atoms with Crippen LogP contribution in [0.4, 0.5) is 0 Å². The van der Waals surface area contributed by atoms with E-state index < -0.39 is 35.7 Å². The third-order valence-electron chi connectivity index (χ3n) is 6.49. The van der Waals surface area contributed by atoms with Crippen LogP contribution in [0, 0.1) is 17.8 Å². The second kappa shape index (κ2) is 16.7. The lowest BCUT2D eigenvalue weighted by molar-refractivity contribution is -0.934. The van der Waals surface area contributed by atoms with E-state index in [1.165, 1.54) is 19.3 Å². The first-order valence-electron chi connectivity index (χ1n) is 12.3. The third-order valence-corrected chi connectivity index (χ3v) is 6.49. The largest absolute Gasteiger partial charge is 0.550 e. The van der Waals surface area contributed by atoms with Gasteiger partial charge in [0.2, 0.25) is 0 Å². The van der Waals surface area contributed by atoms with E-state index in [9.17, 15) is 29.7 Å². The molecule has 0 amide bonds. The molecule has 0 aliphatic rings. The number of hydrogen-bond acceptors (Lipinski definition) is 4. The topological polar surface area (TPSA) is 115 Å². The van der Waals surface area contributed by atoms with Crippen LogP contribution in [0.3, 0.4) is 0 Å². The van der Waals surface area contributed by atoms with Crippen molar-refractivity contribution in [3.05, 3.63) is 12.2 Å². The summed E-state index contributed by atoms with van der Waals surface area (Å²) >= 11 is 0. The van der Waals surface area contributed by atoms with Gasteiger partial charge < -0.3 is 24.6 Å². The molecule has 0 aromatic rings. The van der Waals surface area contributed by atoms with Crippen molar-refractivity contribution >= 4 is 17.9 Å². The van der Waals surface area contributed by atoms with Crippen LogP contribution in [-0.2, 0) is 14.4 Å². The number of aliphatic carboxylic acids is 3. The molecule has 0 aromatic carbocycles. The molecule has 7 nitrogen and oxygen atoms in total. The van der Waals surface area contributed by atoms with E-state index in [0.29, 0.717) is 32.2 Å². The summed E-state index contributed by atoms with van der Waals surface area (Å²) in [4.78, 5) is 35.4. The SMILES string of the molecule is CCCCCC/C=C/CC[N+](CC(CC)C(=O)[O-])(CC(CC)C(=O)O)CC(CC)C(=O)O. The van der Waals surface area contributed by atoms with E-state index >= 15 is 0 Å². The molecule has 0 fully saturated rings. The van der Waals surface area contributed by atoms with Gasteiger partial charge in [-0.3, -0.25) is 9.59 Å². The zero-order valence-corrected chi connectivity index (χ0v) is 20.6. The smallest absolute Gasteiger partial charge is 0.312 e. The molecular weight excluding hydrogens is 410 g/mol. The van der Waals surface area contributed by atoms with Gasteiger partial charge in [-0.15, -0.1) is 0 Å². The molecule has 186 valence electrons. The highest BCUT2D eigenvalue weighted by Crippen LogP contribution is 2.24. The number of nitrogens with zero attached hydrogens (tertiary/aromatic N) is 1. The maximum Gasteiger partial charge on any atom is 0.312 e. The van der Waals surface area contributed by atoms with E-state index in [-0.39, 0.29) is 24.1 Å². The summed E-state index contributed by atoms with van der Waals surface area (Å²) < 4.78 is 0.169. The highest BCUT2D eigenvalue weighted by Gasteiger charge is 2.38. The van der Waals surface area contributed by atoms with Gasteiger partial charge in [-0.05, 0) is 32.1 Å². The standard InChI is InChI=1S/C25H45NO6/c1-5-9-10-11-12-13-14-15-16-26(17-20(6-2)23(27)28,18-21(7-3)24(29)30)19-22(8-4)25(31)32/h13-14,20-22H,5-12,15-19H2,1-4H3,(H2-,27,28,29,30,31,32)/b14-13+. The molecule has 0 saturated carbocycles. The van der Waals surface area contributed by atoms with E-state index in [2.05, 4.69) is 19.1 Å². The summed E-state index contributed by atoms with van der Waals surface area (Å²) in [6.07, 6.45) is 11.7. The van der Waals surface area contributed by atoms with Gasteiger partial charge >= 0.3 is 11.9 Å². The van der Waals surface area contributed by atoms with Crippen LogP contribution in [0.2, 0.25) is 0 Å². The Kier molecular flexibility index (Phi) is 15.7. The molecular formula is C25H45NO6. The minimum atomic E-state index is -1.16. The molecule has 0 saturated heterocycles. The van der Waals surface area contributed by atoms with Gasteiger partial charge in [-0.25, -0.2) is 0 Å². The predicted molar refractivity (Wildman–Crippen MR) is 124 cm³/mol. The number of hydrogen-bond donors (Lipinski definition) is 2. The maximum absolute atomic E-state index is 11.8. The maximum atomic E-state index is 11.8. The normalized spacial score (nSPS) is 16.4. The van der Waals surface area contributed by atoms with Crippen molar-refractivity contribution < 1.29 is 34.2 Å². The quantitative estimate of drug-likeness (QED) is 0.164. The molecule has 7 heteroatoms. The van der Waals surface area contributed by atoms with Crippen LogP contribution in [0.5, 0.6) is 0 Å². The lowest BCUT2D eigenvalue weighted by Crippen LogP contribution is -2.59. The minimum absolute atomic E-state index is 0.169. The number of carbonyl (C=O) groups is 3. The first-order valence-corrected chi connectivity index (χ1v) is 12.3. The Morgan fingerprint density at radius 1 is 0.750 bits per heavy atom. The molecule has 0 aliphatic heterocycles. The lowest BCUT2D eigenvalue weighted by Gasteiger charge is -2.44. The van der Waals surface area contributed by atoms with Crippen LogP contribution < -0.4 is 5.11 Å². The zero-order valence-electron chi connectivity index (χ0n) is 20.6. The van der Waals surface area contributed by atoms with Gasteiger partial charge in [0, 0.05) is 12.3 Å². The molecule has 0 spiro atoms. The Morgan fingerprint density at radius 2 is 1.22 bits per heavy atom. The van der Waals surface area contributed by atoms with Crippen LogP contribution in [0.1, 0.15) is 85.5 Å². The Bertz CT molecular complexity index is 529. The number of carboxylic acid groups (broad SMARTS) is 3. The van der Waals surface area contributed by atoms with E-state index in [0.717, 1.165) is 12.8 Å². The molecule has 3 atom stereocenters. The van der Waals surface area contributed by atoms with E-state index in [4.69, 9.17) is 0 Å². The number of unbranched alkanes of at least 4 members (excludes halogenated alkanes) is 4. The average Bonchev–Trinajstić information content (AvgIpc) is 2.75. The molecule has 0 bridgehead atoms. The van der Waals surface area contributed by atoms with E-state index in [1.54, 1.807) is 20.8 Å². The third kappa shape index (κ3) is 11.7. The number of rotatable bonds is 20. The molecule has 0 radical (unpaired) electrons. The monoisotopic (exact) mass is 455 g/mol. The summed E-state index contributed by atoms with van der Waals surface area (Å²) in [5.74, 6) is -5.06. The van der Waals surface area contributed by atoms with Crippen molar-refractivity contribution in [2.45, 2.75) is 85.5 Å². The fourth-order valence-corrected chi connectivity index (χ4v) is 4.31. The van der Waals surface area contributed by atoms with Gasteiger partial charge in [0.05, 0.1) is 32.1 Å². The van der Waals surface area contributed by atoms with Crippen LogP contribution in [0.25, 0.3) is 0 Å². The van der Waals surface area contributed by atoms with Gasteiger partial charge in [0.1, 0.15) is 11.8 Å². The average molecular weight is 456 g/mol. The van der Waals surface area contributed by atoms with Crippen LogP contribution in [0.15, 0.2) is 12.2 Å². The second-order valence-electron chi connectivity index (χ2n) is 9.03. The molecule has 3 unspecified atom stereocenters. The first-order chi connectivity index (χ1) is 15.2. The highest BCUT2D eigenvalue weighted by molar-refractivity contribution is 5.70. The first kappa shape index (κ1) is 30.1. The van der Waals surface area contributed by atoms with Crippen molar-refractivity contribution in [3.63, 3.8) is 0 Å². The van der Waals surface area contributed by atoms with Crippen molar-refractivity contribution in [3.8, 4) is 0 Å². The Balaban J connectivity index is 5.76. The molecule has 0 heterocycles. The fraction of sp³-hybridized carbons (Fsp3) is 0.800. The van der Waals surface area contributed by atoms with Gasteiger partial charge in [0.25, 0.3) is 0 Å². The molecule has 0 aliphatic carbocycles. The number of quaternary nitrogens is 1. The Labute approximate surface area is 194 Å².